The van der Waals surface area contributed by atoms with E-state index in [-0.39, 0.29) is 5.92 Å². The Hall–Kier alpha value is -1.53. The van der Waals surface area contributed by atoms with E-state index in [4.69, 9.17) is 6.42 Å². The Morgan fingerprint density at radius 3 is 2.84 bits per heavy atom. The number of alkyl halides is 1. The zero-order valence-corrected chi connectivity index (χ0v) is 15.0. The summed E-state index contributed by atoms with van der Waals surface area (Å²) in [5, 5.41) is 20.8. The van der Waals surface area contributed by atoms with Crippen molar-refractivity contribution in [3.8, 4) is 18.1 Å². The summed E-state index contributed by atoms with van der Waals surface area (Å²) in [7, 11) is 0. The fourth-order valence-corrected chi connectivity index (χ4v) is 6.49. The Labute approximate surface area is 149 Å². The molecule has 3 heteroatoms. The van der Waals surface area contributed by atoms with Crippen molar-refractivity contribution in [1.82, 2.24) is 0 Å². The summed E-state index contributed by atoms with van der Waals surface area (Å²) in [4.78, 5) is 0. The van der Waals surface area contributed by atoms with E-state index in [0.29, 0.717) is 29.9 Å². The number of hydrogen-bond acceptors (Lipinski definition) is 2. The predicted molar refractivity (Wildman–Crippen MR) is 95.9 cm³/mol. The Balaban J connectivity index is 1.81. The van der Waals surface area contributed by atoms with Gasteiger partial charge in [0.25, 0.3) is 0 Å². The fraction of sp³-hybridized carbons (Fsp3) is 0.636. The maximum Gasteiger partial charge on any atom is 0.161 e. The molecule has 7 atom stereocenters. The van der Waals surface area contributed by atoms with Gasteiger partial charge in [-0.15, -0.1) is 6.42 Å². The maximum absolute atomic E-state index is 14.8. The Morgan fingerprint density at radius 2 is 2.16 bits per heavy atom. The number of benzene rings is 1. The molecule has 2 fully saturated rings. The van der Waals surface area contributed by atoms with Gasteiger partial charge in [0.05, 0.1) is 0 Å². The number of halogens is 1. The van der Waals surface area contributed by atoms with E-state index in [1.165, 1.54) is 11.1 Å². The number of aromatic hydroxyl groups is 1. The molecule has 0 aliphatic heterocycles. The standard InChI is InChI=1S/C22H27FO2/c1-4-13-12-21(3)18(11-19(23)22(21,25)5-2)17-8-6-14-10-15(24)7-9-16(14)20(13)17/h2,7,9-10,13,17-20,24-25H,4,6,8,11-12H2,1,3H3/t13-,17-,18-,19-,20+,21-,22+/m0/s1. The summed E-state index contributed by atoms with van der Waals surface area (Å²) >= 11 is 0. The lowest BCUT2D eigenvalue weighted by Gasteiger charge is -2.55. The SMILES string of the molecule is C#C[C@@]1(O)[C@@H](F)C[C@H]2[C@@H]3CCc4cc(O)ccc4[C@H]3[C@@H](CC)C[C@@]21C. The van der Waals surface area contributed by atoms with Crippen molar-refractivity contribution < 1.29 is 14.6 Å². The van der Waals surface area contributed by atoms with Crippen molar-refractivity contribution in [2.45, 2.75) is 63.6 Å². The molecule has 0 aromatic heterocycles. The van der Waals surface area contributed by atoms with Crippen LogP contribution in [0.25, 0.3) is 0 Å². The Bertz CT molecular complexity index is 738. The smallest absolute Gasteiger partial charge is 0.161 e. The van der Waals surface area contributed by atoms with Crippen molar-refractivity contribution in [3.63, 3.8) is 0 Å². The lowest BCUT2D eigenvalue weighted by Crippen LogP contribution is -2.54. The van der Waals surface area contributed by atoms with Crippen LogP contribution in [-0.4, -0.2) is 22.0 Å². The highest BCUT2D eigenvalue weighted by Crippen LogP contribution is 2.66. The summed E-state index contributed by atoms with van der Waals surface area (Å²) in [6.07, 6.45) is 8.28. The van der Waals surface area contributed by atoms with E-state index in [9.17, 15) is 14.6 Å². The van der Waals surface area contributed by atoms with Crippen LogP contribution in [0.3, 0.4) is 0 Å². The second kappa shape index (κ2) is 5.48. The molecule has 0 spiro atoms. The van der Waals surface area contributed by atoms with Crippen LogP contribution < -0.4 is 0 Å². The van der Waals surface area contributed by atoms with Gasteiger partial charge in [-0.25, -0.2) is 4.39 Å². The topological polar surface area (TPSA) is 40.5 Å². The first-order valence-electron chi connectivity index (χ1n) is 9.51. The summed E-state index contributed by atoms with van der Waals surface area (Å²) in [6.45, 7) is 4.19. The summed E-state index contributed by atoms with van der Waals surface area (Å²) in [5.41, 5.74) is 0.336. The van der Waals surface area contributed by atoms with Gasteiger partial charge in [0.1, 0.15) is 11.9 Å². The molecule has 0 radical (unpaired) electrons. The van der Waals surface area contributed by atoms with E-state index in [0.717, 1.165) is 25.7 Å². The van der Waals surface area contributed by atoms with Crippen molar-refractivity contribution in [2.24, 2.45) is 23.2 Å². The molecule has 0 heterocycles. The highest BCUT2D eigenvalue weighted by Gasteiger charge is 2.67. The van der Waals surface area contributed by atoms with Gasteiger partial charge < -0.3 is 10.2 Å². The molecule has 3 aliphatic rings. The molecule has 0 amide bonds. The minimum atomic E-state index is -1.65. The van der Waals surface area contributed by atoms with E-state index >= 15 is 0 Å². The minimum absolute atomic E-state index is 0.110. The van der Waals surface area contributed by atoms with Gasteiger partial charge >= 0.3 is 0 Å². The molecule has 25 heavy (non-hydrogen) atoms. The first-order valence-corrected chi connectivity index (χ1v) is 9.51. The molecule has 1 aromatic rings. The lowest BCUT2D eigenvalue weighted by atomic mass is 9.49. The van der Waals surface area contributed by atoms with Gasteiger partial charge in [0.15, 0.2) is 5.60 Å². The highest BCUT2D eigenvalue weighted by atomic mass is 19.1. The second-order valence-corrected chi connectivity index (χ2v) is 8.62. The van der Waals surface area contributed by atoms with Gasteiger partial charge in [0.2, 0.25) is 0 Å². The van der Waals surface area contributed by atoms with Crippen LogP contribution >= 0.6 is 0 Å². The van der Waals surface area contributed by atoms with Crippen LogP contribution in [-0.2, 0) is 6.42 Å². The molecule has 134 valence electrons. The predicted octanol–water partition coefficient (Wildman–Crippen LogP) is 4.20. The molecule has 2 N–H and O–H groups in total. The zero-order valence-electron chi connectivity index (χ0n) is 15.0. The summed E-state index contributed by atoms with van der Waals surface area (Å²) < 4.78 is 14.8. The molecule has 0 unspecified atom stereocenters. The molecule has 2 nitrogen and oxygen atoms in total. The maximum atomic E-state index is 14.8. The van der Waals surface area contributed by atoms with Crippen molar-refractivity contribution >= 4 is 0 Å². The Morgan fingerprint density at radius 1 is 1.40 bits per heavy atom. The van der Waals surface area contributed by atoms with Crippen molar-refractivity contribution in [3.05, 3.63) is 29.3 Å². The molecule has 4 rings (SSSR count). The minimum Gasteiger partial charge on any atom is -0.508 e. The van der Waals surface area contributed by atoms with Crippen LogP contribution in [0, 0.1) is 35.5 Å². The van der Waals surface area contributed by atoms with Gasteiger partial charge in [-0.3, -0.25) is 0 Å². The molecule has 2 saturated carbocycles. The monoisotopic (exact) mass is 342 g/mol. The van der Waals surface area contributed by atoms with E-state index in [1.807, 2.05) is 13.0 Å². The first-order chi connectivity index (χ1) is 11.9. The number of rotatable bonds is 1. The molecule has 1 aromatic carbocycles. The quantitative estimate of drug-likeness (QED) is 0.751. The second-order valence-electron chi connectivity index (χ2n) is 8.62. The highest BCUT2D eigenvalue weighted by molar-refractivity contribution is 5.41. The summed E-state index contributed by atoms with van der Waals surface area (Å²) in [5.74, 6) is 3.97. The zero-order chi connectivity index (χ0) is 18.0. The van der Waals surface area contributed by atoms with Crippen LogP contribution in [0.5, 0.6) is 5.75 Å². The molecule has 0 saturated heterocycles. The van der Waals surface area contributed by atoms with Crippen LogP contribution in [0.2, 0.25) is 0 Å². The van der Waals surface area contributed by atoms with Crippen molar-refractivity contribution in [2.75, 3.05) is 0 Å². The van der Waals surface area contributed by atoms with Gasteiger partial charge in [0, 0.05) is 5.41 Å². The van der Waals surface area contributed by atoms with E-state index < -0.39 is 17.2 Å². The van der Waals surface area contributed by atoms with Crippen LogP contribution in [0.4, 0.5) is 4.39 Å². The molecular formula is C22H27FO2. The Kier molecular flexibility index (Phi) is 3.71. The van der Waals surface area contributed by atoms with E-state index in [1.54, 1.807) is 6.07 Å². The number of phenolic OH excluding ortho intramolecular Hbond substituents is 1. The van der Waals surface area contributed by atoms with E-state index in [2.05, 4.69) is 18.9 Å². The van der Waals surface area contributed by atoms with Gasteiger partial charge in [-0.1, -0.05) is 32.3 Å². The van der Waals surface area contributed by atoms with Gasteiger partial charge in [-0.2, -0.15) is 0 Å². The third-order valence-electron chi connectivity index (χ3n) is 7.75. The molecule has 3 aliphatic carbocycles. The van der Waals surface area contributed by atoms with Crippen LogP contribution in [0.15, 0.2) is 18.2 Å². The average molecular weight is 342 g/mol. The number of aryl methyl sites for hydroxylation is 1. The number of aliphatic hydroxyl groups is 1. The lowest BCUT2D eigenvalue weighted by molar-refractivity contribution is -0.100. The number of terminal acetylenes is 1. The van der Waals surface area contributed by atoms with Gasteiger partial charge in [-0.05, 0) is 72.6 Å². The average Bonchev–Trinajstić information content (AvgIpc) is 2.81. The largest absolute Gasteiger partial charge is 0.508 e. The number of phenols is 1. The van der Waals surface area contributed by atoms with Crippen LogP contribution in [0.1, 0.15) is 56.6 Å². The number of hydrogen-bond donors (Lipinski definition) is 2. The first kappa shape index (κ1) is 16.9. The fourth-order valence-electron chi connectivity index (χ4n) is 6.49. The molecule has 0 bridgehead atoms. The third kappa shape index (κ3) is 2.07. The number of fused-ring (bicyclic) bond motifs is 5. The normalized spacial score (nSPS) is 45.2. The third-order valence-corrected chi connectivity index (χ3v) is 7.75. The molecular weight excluding hydrogens is 315 g/mol. The summed E-state index contributed by atoms with van der Waals surface area (Å²) in [6, 6.07) is 5.71. The van der Waals surface area contributed by atoms with Crippen molar-refractivity contribution in [1.29, 1.82) is 0 Å².